The van der Waals surface area contributed by atoms with E-state index in [1.165, 1.54) is 25.7 Å². The minimum Gasteiger partial charge on any atom is -0.497 e. The van der Waals surface area contributed by atoms with Crippen LogP contribution in [0.4, 0.5) is 0 Å². The summed E-state index contributed by atoms with van der Waals surface area (Å²) in [6.07, 6.45) is 9.61. The largest absolute Gasteiger partial charge is 0.497 e. The number of piperidine rings is 2. The minimum absolute atomic E-state index is 0. The van der Waals surface area contributed by atoms with E-state index in [2.05, 4.69) is 15.5 Å². The van der Waals surface area contributed by atoms with Crippen LogP contribution in [0.1, 0.15) is 61.7 Å². The summed E-state index contributed by atoms with van der Waals surface area (Å²) in [7, 11) is 1.63. The molecule has 1 aromatic carbocycles. The molecule has 0 unspecified atom stereocenters. The van der Waals surface area contributed by atoms with Gasteiger partial charge in [-0.2, -0.15) is 0 Å². The number of amides is 1. The van der Waals surface area contributed by atoms with E-state index < -0.39 is 0 Å². The molecule has 2 saturated heterocycles. The average Bonchev–Trinajstić information content (AvgIpc) is 3.30. The molecular formula is C23H37Cl2N3O3. The monoisotopic (exact) mass is 473 g/mol. The lowest BCUT2D eigenvalue weighted by atomic mass is 10.0. The van der Waals surface area contributed by atoms with Crippen LogP contribution in [-0.4, -0.2) is 62.3 Å². The molecule has 4 rings (SSSR count). The maximum Gasteiger partial charge on any atom is 0.255 e. The first-order valence-corrected chi connectivity index (χ1v) is 11.3. The van der Waals surface area contributed by atoms with E-state index in [0.29, 0.717) is 17.1 Å². The van der Waals surface area contributed by atoms with Gasteiger partial charge in [-0.1, -0.05) is 12.8 Å². The summed E-state index contributed by atoms with van der Waals surface area (Å²) in [6, 6.07) is 6.57. The number of carbonyl (C=O) groups excluding carboxylic acids is 1. The molecular weight excluding hydrogens is 437 g/mol. The molecule has 31 heavy (non-hydrogen) atoms. The van der Waals surface area contributed by atoms with Gasteiger partial charge in [-0.15, -0.1) is 24.8 Å². The normalized spacial score (nSPS) is 21.1. The van der Waals surface area contributed by atoms with Crippen LogP contribution in [0.15, 0.2) is 18.2 Å². The second-order valence-corrected chi connectivity index (χ2v) is 8.65. The van der Waals surface area contributed by atoms with Gasteiger partial charge >= 0.3 is 0 Å². The van der Waals surface area contributed by atoms with Crippen LogP contribution < -0.4 is 20.1 Å². The van der Waals surface area contributed by atoms with Crippen molar-refractivity contribution in [1.82, 2.24) is 15.5 Å². The van der Waals surface area contributed by atoms with Crippen molar-refractivity contribution in [3.63, 3.8) is 0 Å². The lowest BCUT2D eigenvalue weighted by Gasteiger charge is -2.36. The van der Waals surface area contributed by atoms with Crippen molar-refractivity contribution in [1.29, 1.82) is 0 Å². The predicted molar refractivity (Wildman–Crippen MR) is 128 cm³/mol. The molecule has 2 N–H and O–H groups in total. The zero-order valence-corrected chi connectivity index (χ0v) is 20.1. The maximum absolute atomic E-state index is 13.0. The Bertz CT molecular complexity index is 687. The number of carbonyl (C=O) groups is 1. The first-order valence-electron chi connectivity index (χ1n) is 11.3. The third kappa shape index (κ3) is 6.88. The van der Waals surface area contributed by atoms with Gasteiger partial charge in [0.05, 0.1) is 12.7 Å². The number of likely N-dealkylation sites (tertiary alicyclic amines) is 1. The molecule has 0 spiro atoms. The smallest absolute Gasteiger partial charge is 0.255 e. The highest BCUT2D eigenvalue weighted by Crippen LogP contribution is 2.30. The zero-order chi connectivity index (χ0) is 20.1. The molecule has 0 aromatic heterocycles. The predicted octanol–water partition coefficient (Wildman–Crippen LogP) is 3.81. The van der Waals surface area contributed by atoms with Gasteiger partial charge in [-0.25, -0.2) is 0 Å². The van der Waals surface area contributed by atoms with Crippen LogP contribution in [0.5, 0.6) is 11.5 Å². The lowest BCUT2D eigenvalue weighted by Crippen LogP contribution is -2.44. The Balaban J connectivity index is 0.00000171. The van der Waals surface area contributed by atoms with Crippen molar-refractivity contribution in [2.45, 2.75) is 69.6 Å². The van der Waals surface area contributed by atoms with Crippen LogP contribution in [-0.2, 0) is 0 Å². The first-order chi connectivity index (χ1) is 14.2. The van der Waals surface area contributed by atoms with Gasteiger partial charge in [-0.05, 0) is 69.8 Å². The third-order valence-corrected chi connectivity index (χ3v) is 6.72. The molecule has 1 aliphatic carbocycles. The molecule has 176 valence electrons. The SMILES string of the molecule is COc1ccc(OC2CCN(C3CCCC3)CC2)c(C(=O)NC2CCNCC2)c1.Cl.Cl. The van der Waals surface area contributed by atoms with Crippen LogP contribution in [0, 0.1) is 0 Å². The van der Waals surface area contributed by atoms with Crippen molar-refractivity contribution in [2.24, 2.45) is 0 Å². The number of ether oxygens (including phenoxy) is 2. The molecule has 2 heterocycles. The van der Waals surface area contributed by atoms with E-state index in [9.17, 15) is 4.79 Å². The Hall–Kier alpha value is -1.21. The fourth-order valence-corrected chi connectivity index (χ4v) is 4.95. The van der Waals surface area contributed by atoms with E-state index in [-0.39, 0.29) is 42.9 Å². The van der Waals surface area contributed by atoms with Gasteiger partial charge in [0.1, 0.15) is 17.6 Å². The molecule has 1 amide bonds. The second-order valence-electron chi connectivity index (χ2n) is 8.65. The average molecular weight is 474 g/mol. The minimum atomic E-state index is -0.0609. The van der Waals surface area contributed by atoms with Crippen molar-refractivity contribution in [2.75, 3.05) is 33.3 Å². The number of nitrogens with zero attached hydrogens (tertiary/aromatic N) is 1. The quantitative estimate of drug-likeness (QED) is 0.657. The molecule has 0 radical (unpaired) electrons. The van der Waals surface area contributed by atoms with Gasteiger partial charge in [-0.3, -0.25) is 4.79 Å². The highest BCUT2D eigenvalue weighted by molar-refractivity contribution is 5.97. The Morgan fingerprint density at radius 2 is 1.71 bits per heavy atom. The molecule has 3 aliphatic rings. The van der Waals surface area contributed by atoms with Gasteiger partial charge in [0, 0.05) is 25.2 Å². The van der Waals surface area contributed by atoms with E-state index in [1.54, 1.807) is 13.2 Å². The zero-order valence-electron chi connectivity index (χ0n) is 18.4. The molecule has 1 saturated carbocycles. The molecule has 0 bridgehead atoms. The van der Waals surface area contributed by atoms with E-state index in [4.69, 9.17) is 9.47 Å². The molecule has 1 aromatic rings. The first kappa shape index (κ1) is 26.0. The summed E-state index contributed by atoms with van der Waals surface area (Å²) in [6.45, 7) is 4.10. The third-order valence-electron chi connectivity index (χ3n) is 6.72. The van der Waals surface area contributed by atoms with Crippen LogP contribution in [0.25, 0.3) is 0 Å². The number of methoxy groups -OCH3 is 1. The Kier molecular flexibility index (Phi) is 10.7. The van der Waals surface area contributed by atoms with E-state index in [1.807, 2.05) is 12.1 Å². The summed E-state index contributed by atoms with van der Waals surface area (Å²) in [5.74, 6) is 1.30. The number of halogens is 2. The number of hydrogen-bond acceptors (Lipinski definition) is 5. The molecule has 3 fully saturated rings. The number of benzene rings is 1. The molecule has 8 heteroatoms. The second kappa shape index (κ2) is 12.7. The summed E-state index contributed by atoms with van der Waals surface area (Å²) in [5, 5.41) is 6.52. The van der Waals surface area contributed by atoms with Crippen LogP contribution in [0.2, 0.25) is 0 Å². The summed E-state index contributed by atoms with van der Waals surface area (Å²) < 4.78 is 11.7. The van der Waals surface area contributed by atoms with Gasteiger partial charge in [0.25, 0.3) is 5.91 Å². The Labute approximate surface area is 198 Å². The van der Waals surface area contributed by atoms with Crippen LogP contribution in [0.3, 0.4) is 0 Å². The maximum atomic E-state index is 13.0. The lowest BCUT2D eigenvalue weighted by molar-refractivity contribution is 0.0747. The number of nitrogens with one attached hydrogen (secondary N) is 2. The summed E-state index contributed by atoms with van der Waals surface area (Å²) >= 11 is 0. The van der Waals surface area contributed by atoms with Crippen molar-refractivity contribution < 1.29 is 14.3 Å². The highest BCUT2D eigenvalue weighted by Gasteiger charge is 2.29. The van der Waals surface area contributed by atoms with Crippen molar-refractivity contribution in [3.05, 3.63) is 23.8 Å². The summed E-state index contributed by atoms with van der Waals surface area (Å²) in [4.78, 5) is 15.6. The Morgan fingerprint density at radius 1 is 1.03 bits per heavy atom. The van der Waals surface area contributed by atoms with Gasteiger partial charge < -0.3 is 25.0 Å². The molecule has 0 atom stereocenters. The fourth-order valence-electron chi connectivity index (χ4n) is 4.95. The van der Waals surface area contributed by atoms with Crippen molar-refractivity contribution in [3.8, 4) is 11.5 Å². The van der Waals surface area contributed by atoms with E-state index >= 15 is 0 Å². The Morgan fingerprint density at radius 3 is 2.35 bits per heavy atom. The summed E-state index contributed by atoms with van der Waals surface area (Å²) in [5.41, 5.74) is 0.584. The highest BCUT2D eigenvalue weighted by atomic mass is 35.5. The topological polar surface area (TPSA) is 62.8 Å². The van der Waals surface area contributed by atoms with Crippen LogP contribution >= 0.6 is 24.8 Å². The van der Waals surface area contributed by atoms with Gasteiger partial charge in [0.2, 0.25) is 0 Å². The number of hydrogen-bond donors (Lipinski definition) is 2. The van der Waals surface area contributed by atoms with Crippen molar-refractivity contribution >= 4 is 30.7 Å². The molecule has 6 nitrogen and oxygen atoms in total. The number of rotatable bonds is 6. The fraction of sp³-hybridized carbons (Fsp3) is 0.696. The molecule has 2 aliphatic heterocycles. The standard InChI is InChI=1S/C23H35N3O3.2ClH/c1-28-20-6-7-22(21(16-20)23(27)25-17-8-12-24-13-9-17)29-19-10-14-26(15-11-19)18-4-2-3-5-18;;/h6-7,16-19,24H,2-5,8-15H2,1H3,(H,25,27);2*1H. The van der Waals surface area contributed by atoms with E-state index in [0.717, 1.165) is 57.9 Å². The van der Waals surface area contributed by atoms with Gasteiger partial charge in [0.15, 0.2) is 0 Å².